The molecule has 2 rings (SSSR count). The molecular weight excluding hydrogens is 244 g/mol. The minimum absolute atomic E-state index is 0.152. The van der Waals surface area contributed by atoms with Crippen molar-refractivity contribution >= 4 is 11.8 Å². The molecule has 1 aromatic carbocycles. The van der Waals surface area contributed by atoms with Crippen LogP contribution in [0.1, 0.15) is 26.3 Å². The predicted molar refractivity (Wildman–Crippen MR) is 76.1 cm³/mol. The standard InChI is InChI=1S/C13H18N4S/c1-13(2,3)10-7-5-9(6-8-10)11-15-16-12(18-4)17(11)14/h5-8H,14H2,1-4H3. The lowest BCUT2D eigenvalue weighted by atomic mass is 9.87. The van der Waals surface area contributed by atoms with E-state index in [9.17, 15) is 0 Å². The van der Waals surface area contributed by atoms with Gasteiger partial charge in [0.15, 0.2) is 5.82 Å². The number of nitrogens with zero attached hydrogens (tertiary/aromatic N) is 3. The van der Waals surface area contributed by atoms with E-state index in [-0.39, 0.29) is 5.41 Å². The summed E-state index contributed by atoms with van der Waals surface area (Å²) in [5.74, 6) is 6.63. The Hall–Kier alpha value is -1.49. The van der Waals surface area contributed by atoms with Gasteiger partial charge in [-0.15, -0.1) is 10.2 Å². The number of benzene rings is 1. The summed E-state index contributed by atoms with van der Waals surface area (Å²) in [5.41, 5.74) is 2.43. The first-order chi connectivity index (χ1) is 8.43. The molecule has 2 aromatic rings. The third-order valence-electron chi connectivity index (χ3n) is 2.86. The van der Waals surface area contributed by atoms with Gasteiger partial charge in [0.1, 0.15) is 0 Å². The van der Waals surface area contributed by atoms with Crippen LogP contribution >= 0.6 is 11.8 Å². The van der Waals surface area contributed by atoms with Crippen molar-refractivity contribution in [1.29, 1.82) is 0 Å². The lowest BCUT2D eigenvalue weighted by Crippen LogP contribution is -2.12. The van der Waals surface area contributed by atoms with Crippen molar-refractivity contribution in [2.45, 2.75) is 31.3 Å². The second-order valence-corrected chi connectivity index (χ2v) is 5.98. The molecule has 5 heteroatoms. The Morgan fingerprint density at radius 1 is 1.11 bits per heavy atom. The molecule has 0 radical (unpaired) electrons. The minimum atomic E-state index is 0.152. The van der Waals surface area contributed by atoms with Gasteiger partial charge in [0.25, 0.3) is 0 Å². The summed E-state index contributed by atoms with van der Waals surface area (Å²) in [5, 5.41) is 8.86. The van der Waals surface area contributed by atoms with Crippen LogP contribution in [0.25, 0.3) is 11.4 Å². The van der Waals surface area contributed by atoms with Crippen LogP contribution in [-0.4, -0.2) is 21.1 Å². The van der Waals surface area contributed by atoms with Crippen molar-refractivity contribution in [2.75, 3.05) is 12.1 Å². The fourth-order valence-electron chi connectivity index (χ4n) is 1.73. The van der Waals surface area contributed by atoms with Gasteiger partial charge in [-0.25, -0.2) is 4.68 Å². The topological polar surface area (TPSA) is 56.7 Å². The van der Waals surface area contributed by atoms with Crippen LogP contribution in [-0.2, 0) is 5.41 Å². The summed E-state index contributed by atoms with van der Waals surface area (Å²) in [6.45, 7) is 6.58. The van der Waals surface area contributed by atoms with Gasteiger partial charge in [0.2, 0.25) is 5.16 Å². The van der Waals surface area contributed by atoms with Gasteiger partial charge in [-0.1, -0.05) is 56.8 Å². The third kappa shape index (κ3) is 2.36. The lowest BCUT2D eigenvalue weighted by Gasteiger charge is -2.18. The molecule has 18 heavy (non-hydrogen) atoms. The van der Waals surface area contributed by atoms with E-state index in [1.54, 1.807) is 0 Å². The number of hydrogen-bond acceptors (Lipinski definition) is 4. The van der Waals surface area contributed by atoms with Crippen LogP contribution in [0.4, 0.5) is 0 Å². The summed E-state index contributed by atoms with van der Waals surface area (Å²) in [4.78, 5) is 0. The van der Waals surface area contributed by atoms with E-state index in [0.29, 0.717) is 11.0 Å². The Kier molecular flexibility index (Phi) is 3.34. The van der Waals surface area contributed by atoms with E-state index in [1.165, 1.54) is 22.0 Å². The third-order valence-corrected chi connectivity index (χ3v) is 3.50. The zero-order valence-corrected chi connectivity index (χ0v) is 12.0. The molecule has 1 heterocycles. The molecular formula is C13H18N4S. The van der Waals surface area contributed by atoms with E-state index >= 15 is 0 Å². The van der Waals surface area contributed by atoms with Gasteiger partial charge < -0.3 is 5.84 Å². The van der Waals surface area contributed by atoms with Crippen LogP contribution in [0.15, 0.2) is 29.4 Å². The van der Waals surface area contributed by atoms with Crippen molar-refractivity contribution in [2.24, 2.45) is 0 Å². The molecule has 0 aliphatic carbocycles. The van der Waals surface area contributed by atoms with E-state index in [0.717, 1.165) is 5.56 Å². The molecule has 2 N–H and O–H groups in total. The summed E-state index contributed by atoms with van der Waals surface area (Å²) >= 11 is 1.48. The van der Waals surface area contributed by atoms with Crippen molar-refractivity contribution in [3.63, 3.8) is 0 Å². The largest absolute Gasteiger partial charge is 0.335 e. The van der Waals surface area contributed by atoms with Crippen molar-refractivity contribution in [3.05, 3.63) is 29.8 Å². The second-order valence-electron chi connectivity index (χ2n) is 5.21. The van der Waals surface area contributed by atoms with E-state index in [2.05, 4.69) is 43.1 Å². The molecule has 0 atom stereocenters. The quantitative estimate of drug-likeness (QED) is 0.668. The van der Waals surface area contributed by atoms with Crippen LogP contribution in [0.5, 0.6) is 0 Å². The normalized spacial score (nSPS) is 11.8. The molecule has 0 bridgehead atoms. The highest BCUT2D eigenvalue weighted by atomic mass is 32.2. The molecule has 0 unspecified atom stereocenters. The van der Waals surface area contributed by atoms with Gasteiger partial charge in [-0.2, -0.15) is 0 Å². The van der Waals surface area contributed by atoms with Crippen LogP contribution < -0.4 is 5.84 Å². The SMILES string of the molecule is CSc1nnc(-c2ccc(C(C)(C)C)cc2)n1N. The van der Waals surface area contributed by atoms with E-state index in [4.69, 9.17) is 5.84 Å². The van der Waals surface area contributed by atoms with Crippen LogP contribution in [0, 0.1) is 0 Å². The smallest absolute Gasteiger partial charge is 0.209 e. The maximum atomic E-state index is 5.94. The van der Waals surface area contributed by atoms with Crippen molar-refractivity contribution in [1.82, 2.24) is 14.9 Å². The number of hydrogen-bond donors (Lipinski definition) is 1. The van der Waals surface area contributed by atoms with Gasteiger partial charge >= 0.3 is 0 Å². The molecule has 0 saturated carbocycles. The Balaban J connectivity index is 2.37. The molecule has 96 valence electrons. The summed E-state index contributed by atoms with van der Waals surface area (Å²) < 4.78 is 1.52. The molecule has 0 spiro atoms. The van der Waals surface area contributed by atoms with Gasteiger partial charge in [-0.05, 0) is 17.2 Å². The maximum absolute atomic E-state index is 5.94. The highest BCUT2D eigenvalue weighted by Crippen LogP contribution is 2.25. The Labute approximate surface area is 112 Å². The molecule has 0 fully saturated rings. The zero-order valence-electron chi connectivity index (χ0n) is 11.1. The Morgan fingerprint density at radius 2 is 1.72 bits per heavy atom. The van der Waals surface area contributed by atoms with Gasteiger partial charge in [0, 0.05) is 5.56 Å². The first kappa shape index (κ1) is 13.0. The summed E-state index contributed by atoms with van der Waals surface area (Å²) in [6.07, 6.45) is 1.93. The Bertz CT molecular complexity index is 537. The van der Waals surface area contributed by atoms with Gasteiger partial charge in [0.05, 0.1) is 0 Å². The number of thioether (sulfide) groups is 1. The average molecular weight is 262 g/mol. The first-order valence-corrected chi connectivity index (χ1v) is 7.01. The Morgan fingerprint density at radius 3 is 2.17 bits per heavy atom. The number of rotatable bonds is 2. The molecule has 0 aliphatic heterocycles. The van der Waals surface area contributed by atoms with E-state index in [1.807, 2.05) is 18.4 Å². The highest BCUT2D eigenvalue weighted by molar-refractivity contribution is 7.98. The number of aromatic nitrogens is 3. The lowest BCUT2D eigenvalue weighted by molar-refractivity contribution is 0.590. The maximum Gasteiger partial charge on any atom is 0.209 e. The highest BCUT2D eigenvalue weighted by Gasteiger charge is 2.15. The van der Waals surface area contributed by atoms with Crippen LogP contribution in [0.2, 0.25) is 0 Å². The fourth-order valence-corrected chi connectivity index (χ4v) is 2.14. The zero-order chi connectivity index (χ0) is 13.3. The molecule has 4 nitrogen and oxygen atoms in total. The summed E-state index contributed by atoms with van der Waals surface area (Å²) in [7, 11) is 0. The monoisotopic (exact) mass is 262 g/mol. The minimum Gasteiger partial charge on any atom is -0.335 e. The number of nitrogen functional groups attached to an aromatic ring is 1. The molecule has 0 aliphatic rings. The van der Waals surface area contributed by atoms with Crippen LogP contribution in [0.3, 0.4) is 0 Å². The first-order valence-electron chi connectivity index (χ1n) is 5.79. The molecule has 1 aromatic heterocycles. The fraction of sp³-hybridized carbons (Fsp3) is 0.385. The molecule has 0 amide bonds. The second kappa shape index (κ2) is 4.65. The van der Waals surface area contributed by atoms with Gasteiger partial charge in [-0.3, -0.25) is 0 Å². The number of nitrogens with two attached hydrogens (primary N) is 1. The average Bonchev–Trinajstić information content (AvgIpc) is 2.69. The van der Waals surface area contributed by atoms with Crippen molar-refractivity contribution in [3.8, 4) is 11.4 Å². The predicted octanol–water partition coefficient (Wildman–Crippen LogP) is 2.68. The van der Waals surface area contributed by atoms with Crippen molar-refractivity contribution < 1.29 is 0 Å². The molecule has 0 saturated heterocycles. The van der Waals surface area contributed by atoms with E-state index < -0.39 is 0 Å². The summed E-state index contributed by atoms with van der Waals surface area (Å²) in [6, 6.07) is 8.31.